The fourth-order valence-electron chi connectivity index (χ4n) is 1.62. The molecule has 0 radical (unpaired) electrons. The van der Waals surface area contributed by atoms with Crippen LogP contribution in [-0.2, 0) is 7.05 Å². The largest absolute Gasteiger partial charge is 0.511 e. The summed E-state index contributed by atoms with van der Waals surface area (Å²) in [6.45, 7) is 1.60. The van der Waals surface area contributed by atoms with E-state index < -0.39 is 6.16 Å². The minimum Gasteiger partial charge on any atom is -0.449 e. The zero-order chi connectivity index (χ0) is 12.6. The van der Waals surface area contributed by atoms with Gasteiger partial charge in [-0.1, -0.05) is 0 Å². The van der Waals surface area contributed by atoms with Gasteiger partial charge in [0, 0.05) is 13.1 Å². The number of rotatable bonds is 1. The Labute approximate surface area is 96.1 Å². The van der Waals surface area contributed by atoms with Crippen LogP contribution < -0.4 is 10.3 Å². The maximum Gasteiger partial charge on any atom is 0.511 e. The predicted octanol–water partition coefficient (Wildman–Crippen LogP) is 1.30. The average Bonchev–Trinajstić information content (AvgIpc) is 2.25. The molecule has 6 heteroatoms. The summed E-state index contributed by atoms with van der Waals surface area (Å²) in [6.07, 6.45) is -1.38. The van der Waals surface area contributed by atoms with Crippen LogP contribution in [0.4, 0.5) is 4.79 Å². The van der Waals surface area contributed by atoms with E-state index in [1.165, 1.54) is 16.7 Å². The molecule has 88 valence electrons. The number of carboxylic acid groups (broad SMARTS) is 1. The molecule has 1 N–H and O–H groups in total. The van der Waals surface area contributed by atoms with Crippen molar-refractivity contribution in [1.29, 1.82) is 0 Å². The second-order valence-corrected chi connectivity index (χ2v) is 3.58. The molecule has 0 fully saturated rings. The minimum absolute atomic E-state index is 0.176. The quantitative estimate of drug-likeness (QED) is 0.594. The predicted molar refractivity (Wildman–Crippen MR) is 60.4 cm³/mol. The number of aryl methyl sites for hydroxylation is 2. The van der Waals surface area contributed by atoms with Crippen LogP contribution in [0.5, 0.6) is 5.75 Å². The molecule has 0 spiro atoms. The molecule has 0 unspecified atom stereocenters. The van der Waals surface area contributed by atoms with Gasteiger partial charge in [-0.15, -0.1) is 0 Å². The number of hydrogen-bond donors (Lipinski definition) is 1. The van der Waals surface area contributed by atoms with E-state index in [1.54, 1.807) is 20.0 Å². The van der Waals surface area contributed by atoms with E-state index in [2.05, 4.69) is 9.72 Å². The van der Waals surface area contributed by atoms with E-state index >= 15 is 0 Å². The molecule has 0 atom stereocenters. The first-order valence-corrected chi connectivity index (χ1v) is 4.87. The van der Waals surface area contributed by atoms with Gasteiger partial charge in [-0.05, 0) is 19.1 Å². The number of nitrogens with zero attached hydrogens (tertiary/aromatic N) is 2. The topological polar surface area (TPSA) is 81.4 Å². The summed E-state index contributed by atoms with van der Waals surface area (Å²) >= 11 is 0. The highest BCUT2D eigenvalue weighted by atomic mass is 16.7. The molecule has 17 heavy (non-hydrogen) atoms. The van der Waals surface area contributed by atoms with Crippen molar-refractivity contribution in [2.75, 3.05) is 0 Å². The van der Waals surface area contributed by atoms with Crippen LogP contribution in [0, 0.1) is 6.92 Å². The standard InChI is InChI=1S/C11H10N2O4/c1-6-10(14)13(2)9-4-3-7(17-11(15)16)5-8(9)12-6/h3-5H,1-2H3,(H,15,16). The number of benzene rings is 1. The lowest BCUT2D eigenvalue weighted by molar-refractivity contribution is 0.144. The molecule has 0 aliphatic carbocycles. The molecule has 1 aromatic carbocycles. The Morgan fingerprint density at radius 1 is 1.47 bits per heavy atom. The van der Waals surface area contributed by atoms with Crippen LogP contribution in [0.3, 0.4) is 0 Å². The van der Waals surface area contributed by atoms with Crippen molar-refractivity contribution in [3.05, 3.63) is 34.2 Å². The molecular formula is C11H10N2O4. The van der Waals surface area contributed by atoms with Crippen molar-refractivity contribution in [3.63, 3.8) is 0 Å². The molecule has 6 nitrogen and oxygen atoms in total. The first-order chi connectivity index (χ1) is 7.99. The van der Waals surface area contributed by atoms with Gasteiger partial charge < -0.3 is 14.4 Å². The molecule has 2 aromatic rings. The van der Waals surface area contributed by atoms with Crippen molar-refractivity contribution < 1.29 is 14.6 Å². The summed E-state index contributed by atoms with van der Waals surface area (Å²) in [4.78, 5) is 26.1. The molecule has 0 aliphatic rings. The SMILES string of the molecule is Cc1nc2cc(OC(=O)O)ccc2n(C)c1=O. The second-order valence-electron chi connectivity index (χ2n) is 3.58. The lowest BCUT2D eigenvalue weighted by Gasteiger charge is -2.06. The van der Waals surface area contributed by atoms with Crippen molar-refractivity contribution >= 4 is 17.2 Å². The Bertz CT molecular complexity index is 660. The van der Waals surface area contributed by atoms with Crippen molar-refractivity contribution in [2.24, 2.45) is 7.05 Å². The van der Waals surface area contributed by atoms with Crippen LogP contribution in [0.1, 0.15) is 5.69 Å². The number of hydrogen-bond acceptors (Lipinski definition) is 4. The highest BCUT2D eigenvalue weighted by Gasteiger charge is 2.07. The molecule has 0 saturated heterocycles. The Kier molecular flexibility index (Phi) is 2.55. The minimum atomic E-state index is -1.38. The molecule has 0 amide bonds. The first kappa shape index (κ1) is 11.1. The van der Waals surface area contributed by atoms with E-state index in [4.69, 9.17) is 5.11 Å². The Hall–Kier alpha value is -2.37. The summed E-state index contributed by atoms with van der Waals surface area (Å²) in [5.74, 6) is 0.176. The number of carbonyl (C=O) groups is 1. The third kappa shape index (κ3) is 1.96. The number of ether oxygens (including phenoxy) is 1. The number of fused-ring (bicyclic) bond motifs is 1. The normalized spacial score (nSPS) is 10.5. The van der Waals surface area contributed by atoms with E-state index in [0.29, 0.717) is 16.7 Å². The molecule has 1 aromatic heterocycles. The van der Waals surface area contributed by atoms with Gasteiger partial charge in [0.1, 0.15) is 11.4 Å². The average molecular weight is 234 g/mol. The fourth-order valence-corrected chi connectivity index (χ4v) is 1.62. The van der Waals surface area contributed by atoms with Gasteiger partial charge >= 0.3 is 6.16 Å². The van der Waals surface area contributed by atoms with Gasteiger partial charge in [0.15, 0.2) is 0 Å². The van der Waals surface area contributed by atoms with Gasteiger partial charge in [-0.25, -0.2) is 9.78 Å². The molecular weight excluding hydrogens is 224 g/mol. The van der Waals surface area contributed by atoms with Crippen LogP contribution in [0.25, 0.3) is 11.0 Å². The molecule has 0 bridgehead atoms. The zero-order valence-corrected chi connectivity index (χ0v) is 9.30. The van der Waals surface area contributed by atoms with Gasteiger partial charge in [0.2, 0.25) is 0 Å². The van der Waals surface area contributed by atoms with Crippen LogP contribution in [0.15, 0.2) is 23.0 Å². The lowest BCUT2D eigenvalue weighted by Crippen LogP contribution is -2.21. The Balaban J connectivity index is 2.67. The van der Waals surface area contributed by atoms with Crippen molar-refractivity contribution in [2.45, 2.75) is 6.92 Å². The summed E-state index contributed by atoms with van der Waals surface area (Å²) in [7, 11) is 1.64. The summed E-state index contributed by atoms with van der Waals surface area (Å²) in [6, 6.07) is 4.56. The van der Waals surface area contributed by atoms with Crippen molar-refractivity contribution in [3.8, 4) is 5.75 Å². The molecule has 0 saturated carbocycles. The van der Waals surface area contributed by atoms with E-state index in [-0.39, 0.29) is 11.3 Å². The monoisotopic (exact) mass is 234 g/mol. The van der Waals surface area contributed by atoms with E-state index in [1.807, 2.05) is 0 Å². The third-order valence-electron chi connectivity index (χ3n) is 2.42. The highest BCUT2D eigenvalue weighted by Crippen LogP contribution is 2.18. The summed E-state index contributed by atoms with van der Waals surface area (Å²) < 4.78 is 5.98. The third-order valence-corrected chi connectivity index (χ3v) is 2.42. The summed E-state index contributed by atoms with van der Waals surface area (Å²) in [5.41, 5.74) is 1.32. The fraction of sp³-hybridized carbons (Fsp3) is 0.182. The lowest BCUT2D eigenvalue weighted by atomic mass is 10.2. The Morgan fingerprint density at radius 2 is 2.18 bits per heavy atom. The van der Waals surface area contributed by atoms with Crippen LogP contribution >= 0.6 is 0 Å². The highest BCUT2D eigenvalue weighted by molar-refractivity contribution is 5.77. The van der Waals surface area contributed by atoms with Crippen molar-refractivity contribution in [1.82, 2.24) is 9.55 Å². The van der Waals surface area contributed by atoms with Gasteiger partial charge in [-0.2, -0.15) is 0 Å². The van der Waals surface area contributed by atoms with Crippen LogP contribution in [0.2, 0.25) is 0 Å². The smallest absolute Gasteiger partial charge is 0.449 e. The van der Waals surface area contributed by atoms with E-state index in [9.17, 15) is 9.59 Å². The maximum atomic E-state index is 11.6. The van der Waals surface area contributed by atoms with Gasteiger partial charge in [0.25, 0.3) is 5.56 Å². The molecule has 0 aliphatic heterocycles. The second kappa shape index (κ2) is 3.89. The maximum absolute atomic E-state index is 11.6. The van der Waals surface area contributed by atoms with Gasteiger partial charge in [-0.3, -0.25) is 4.79 Å². The zero-order valence-electron chi connectivity index (χ0n) is 9.30. The Morgan fingerprint density at radius 3 is 2.82 bits per heavy atom. The molecule has 2 rings (SSSR count). The van der Waals surface area contributed by atoms with E-state index in [0.717, 1.165) is 0 Å². The molecule has 1 heterocycles. The van der Waals surface area contributed by atoms with Crippen LogP contribution in [-0.4, -0.2) is 20.8 Å². The summed E-state index contributed by atoms with van der Waals surface area (Å²) in [5, 5.41) is 8.49. The number of aromatic nitrogens is 2. The first-order valence-electron chi connectivity index (χ1n) is 4.87. The van der Waals surface area contributed by atoms with Gasteiger partial charge in [0.05, 0.1) is 11.0 Å².